The van der Waals surface area contributed by atoms with Crippen molar-refractivity contribution in [3.05, 3.63) is 48.0 Å². The summed E-state index contributed by atoms with van der Waals surface area (Å²) in [6.45, 7) is 4.19. The van der Waals surface area contributed by atoms with Crippen molar-refractivity contribution in [2.24, 2.45) is 7.05 Å². The standard InChI is InChI=1S/C24H28N4OS/c1-26-19-6-4-18(5-7-19)24-22(17-25)21-9-8-20(16-23(21)27(24)2)29-13-3-10-28-11-14-30-15-12-28/h4-9,16,26H,3,10-15H2,1-2H3. The fourth-order valence-electron chi connectivity index (χ4n) is 4.05. The molecule has 0 saturated carbocycles. The lowest BCUT2D eigenvalue weighted by molar-refractivity contribution is 0.249. The second kappa shape index (κ2) is 9.46. The minimum absolute atomic E-state index is 0.708. The van der Waals surface area contributed by atoms with Gasteiger partial charge in [-0.25, -0.2) is 0 Å². The Kier molecular flexibility index (Phi) is 6.51. The summed E-state index contributed by atoms with van der Waals surface area (Å²) in [5.41, 5.74) is 4.75. The molecule has 3 aromatic rings. The monoisotopic (exact) mass is 420 g/mol. The van der Waals surface area contributed by atoms with Crippen molar-refractivity contribution in [2.45, 2.75) is 6.42 Å². The lowest BCUT2D eigenvalue weighted by Gasteiger charge is -2.25. The van der Waals surface area contributed by atoms with Crippen LogP contribution in [0.4, 0.5) is 5.69 Å². The number of nitrogens with zero attached hydrogens (tertiary/aromatic N) is 3. The number of rotatable bonds is 7. The van der Waals surface area contributed by atoms with Gasteiger partial charge in [0.15, 0.2) is 0 Å². The molecule has 2 heterocycles. The quantitative estimate of drug-likeness (QED) is 0.567. The summed E-state index contributed by atoms with van der Waals surface area (Å²) in [6.07, 6.45) is 1.03. The van der Waals surface area contributed by atoms with Gasteiger partial charge in [-0.15, -0.1) is 0 Å². The van der Waals surface area contributed by atoms with Crippen LogP contribution in [0.2, 0.25) is 0 Å². The molecular weight excluding hydrogens is 392 g/mol. The molecule has 0 radical (unpaired) electrons. The Balaban J connectivity index is 1.52. The number of aromatic nitrogens is 1. The molecule has 6 heteroatoms. The smallest absolute Gasteiger partial charge is 0.121 e. The Hall–Kier alpha value is -2.62. The number of benzene rings is 2. The van der Waals surface area contributed by atoms with Crippen LogP contribution in [-0.4, -0.2) is 54.3 Å². The van der Waals surface area contributed by atoms with Gasteiger partial charge in [-0.2, -0.15) is 17.0 Å². The van der Waals surface area contributed by atoms with Crippen LogP contribution in [0.1, 0.15) is 12.0 Å². The van der Waals surface area contributed by atoms with E-state index in [-0.39, 0.29) is 0 Å². The van der Waals surface area contributed by atoms with Crippen molar-refractivity contribution in [1.29, 1.82) is 5.26 Å². The molecule has 0 unspecified atom stereocenters. The maximum atomic E-state index is 9.85. The van der Waals surface area contributed by atoms with Crippen LogP contribution in [0.3, 0.4) is 0 Å². The minimum atomic E-state index is 0.708. The van der Waals surface area contributed by atoms with E-state index in [1.807, 2.05) is 50.1 Å². The van der Waals surface area contributed by atoms with Crippen LogP contribution in [0.15, 0.2) is 42.5 Å². The Morgan fingerprint density at radius 1 is 1.13 bits per heavy atom. The highest BCUT2D eigenvalue weighted by Crippen LogP contribution is 2.34. The van der Waals surface area contributed by atoms with Crippen molar-refractivity contribution < 1.29 is 4.74 Å². The lowest BCUT2D eigenvalue weighted by Crippen LogP contribution is -2.33. The zero-order chi connectivity index (χ0) is 20.9. The largest absolute Gasteiger partial charge is 0.493 e. The van der Waals surface area contributed by atoms with Gasteiger partial charge in [0, 0.05) is 62.4 Å². The van der Waals surface area contributed by atoms with E-state index in [1.54, 1.807) is 0 Å². The molecule has 1 saturated heterocycles. The van der Waals surface area contributed by atoms with E-state index in [0.29, 0.717) is 12.2 Å². The molecule has 4 rings (SSSR count). The summed E-state index contributed by atoms with van der Waals surface area (Å²) in [5, 5.41) is 13.9. The van der Waals surface area contributed by atoms with Gasteiger partial charge in [-0.05, 0) is 36.2 Å². The molecule has 1 fully saturated rings. The number of anilines is 1. The number of fused-ring (bicyclic) bond motifs is 1. The van der Waals surface area contributed by atoms with Crippen molar-refractivity contribution in [3.8, 4) is 23.1 Å². The van der Waals surface area contributed by atoms with Crippen LogP contribution in [0.5, 0.6) is 5.75 Å². The summed E-state index contributed by atoms with van der Waals surface area (Å²) in [7, 11) is 3.92. The normalized spacial score (nSPS) is 14.6. The molecular formula is C24H28N4OS. The highest BCUT2D eigenvalue weighted by molar-refractivity contribution is 7.99. The number of aryl methyl sites for hydroxylation is 1. The predicted octanol–water partition coefficient (Wildman–Crippen LogP) is 4.58. The van der Waals surface area contributed by atoms with Crippen LogP contribution in [0, 0.1) is 11.3 Å². The molecule has 0 amide bonds. The highest BCUT2D eigenvalue weighted by Gasteiger charge is 2.17. The van der Waals surface area contributed by atoms with E-state index in [0.717, 1.165) is 46.6 Å². The van der Waals surface area contributed by atoms with Gasteiger partial charge >= 0.3 is 0 Å². The van der Waals surface area contributed by atoms with Crippen molar-refractivity contribution in [3.63, 3.8) is 0 Å². The van der Waals surface area contributed by atoms with E-state index in [2.05, 4.69) is 39.1 Å². The first-order valence-electron chi connectivity index (χ1n) is 10.4. The fraction of sp³-hybridized carbons (Fsp3) is 0.375. The van der Waals surface area contributed by atoms with Gasteiger partial charge in [-0.1, -0.05) is 12.1 Å². The second-order valence-corrected chi connectivity index (χ2v) is 8.78. The average molecular weight is 421 g/mol. The van der Waals surface area contributed by atoms with Gasteiger partial charge in [0.05, 0.1) is 23.4 Å². The molecule has 0 bridgehead atoms. The summed E-state index contributed by atoms with van der Waals surface area (Å²) >= 11 is 2.04. The predicted molar refractivity (Wildman–Crippen MR) is 126 cm³/mol. The van der Waals surface area contributed by atoms with Gasteiger partial charge in [-0.3, -0.25) is 0 Å². The van der Waals surface area contributed by atoms with E-state index in [4.69, 9.17) is 4.74 Å². The van der Waals surface area contributed by atoms with E-state index >= 15 is 0 Å². The number of ether oxygens (including phenoxy) is 1. The summed E-state index contributed by atoms with van der Waals surface area (Å²) < 4.78 is 8.14. The van der Waals surface area contributed by atoms with Crippen LogP contribution < -0.4 is 10.1 Å². The maximum Gasteiger partial charge on any atom is 0.121 e. The average Bonchev–Trinajstić information content (AvgIpc) is 3.08. The first-order chi connectivity index (χ1) is 14.7. The van der Waals surface area contributed by atoms with Crippen molar-refractivity contribution >= 4 is 28.4 Å². The second-order valence-electron chi connectivity index (χ2n) is 7.56. The zero-order valence-corrected chi connectivity index (χ0v) is 18.5. The van der Waals surface area contributed by atoms with Gasteiger partial charge in [0.2, 0.25) is 0 Å². The molecule has 1 aliphatic rings. The Morgan fingerprint density at radius 3 is 2.60 bits per heavy atom. The van der Waals surface area contributed by atoms with Crippen molar-refractivity contribution in [2.75, 3.05) is 50.1 Å². The molecule has 0 atom stereocenters. The zero-order valence-electron chi connectivity index (χ0n) is 17.6. The molecule has 1 N–H and O–H groups in total. The molecule has 1 aliphatic heterocycles. The van der Waals surface area contributed by atoms with E-state index < -0.39 is 0 Å². The Morgan fingerprint density at radius 2 is 1.90 bits per heavy atom. The third-order valence-corrected chi connectivity index (χ3v) is 6.66. The number of thioether (sulfide) groups is 1. The number of nitrogens with one attached hydrogen (secondary N) is 1. The molecule has 0 spiro atoms. The first-order valence-corrected chi connectivity index (χ1v) is 11.6. The topological polar surface area (TPSA) is 53.2 Å². The highest BCUT2D eigenvalue weighted by atomic mass is 32.2. The molecule has 5 nitrogen and oxygen atoms in total. The van der Waals surface area contributed by atoms with Gasteiger partial charge in [0.25, 0.3) is 0 Å². The van der Waals surface area contributed by atoms with Crippen LogP contribution in [-0.2, 0) is 7.05 Å². The number of hydrogen-bond acceptors (Lipinski definition) is 5. The lowest BCUT2D eigenvalue weighted by atomic mass is 10.1. The third-order valence-electron chi connectivity index (χ3n) is 5.72. The van der Waals surface area contributed by atoms with Crippen molar-refractivity contribution in [1.82, 2.24) is 9.47 Å². The fourth-order valence-corrected chi connectivity index (χ4v) is 5.03. The first kappa shape index (κ1) is 20.6. The third kappa shape index (κ3) is 4.28. The van der Waals surface area contributed by atoms with Crippen LogP contribution in [0.25, 0.3) is 22.2 Å². The number of nitriles is 1. The summed E-state index contributed by atoms with van der Waals surface area (Å²) in [6, 6.07) is 16.6. The van der Waals surface area contributed by atoms with E-state index in [9.17, 15) is 5.26 Å². The molecule has 2 aromatic carbocycles. The summed E-state index contributed by atoms with van der Waals surface area (Å²) in [4.78, 5) is 2.52. The van der Waals surface area contributed by atoms with E-state index in [1.165, 1.54) is 24.6 Å². The molecule has 30 heavy (non-hydrogen) atoms. The molecule has 0 aliphatic carbocycles. The van der Waals surface area contributed by atoms with Crippen LogP contribution >= 0.6 is 11.8 Å². The summed E-state index contributed by atoms with van der Waals surface area (Å²) in [5.74, 6) is 3.34. The maximum absolute atomic E-state index is 9.85. The number of hydrogen-bond donors (Lipinski definition) is 1. The SMILES string of the molecule is CNc1ccc(-c2c(C#N)c3ccc(OCCCN4CCSCC4)cc3n2C)cc1. The minimum Gasteiger partial charge on any atom is -0.493 e. The van der Waals surface area contributed by atoms with Gasteiger partial charge in [0.1, 0.15) is 11.8 Å². The Labute approximate surface area is 182 Å². The molecule has 156 valence electrons. The Bertz CT molecular complexity index is 1050. The molecule has 1 aromatic heterocycles. The van der Waals surface area contributed by atoms with Gasteiger partial charge < -0.3 is 19.5 Å².